The Labute approximate surface area is 112 Å². The molecule has 1 saturated carbocycles. The summed E-state index contributed by atoms with van der Waals surface area (Å²) in [6.07, 6.45) is 2.36. The van der Waals surface area contributed by atoms with Crippen LogP contribution in [0.1, 0.15) is 36.0 Å². The lowest BCUT2D eigenvalue weighted by Crippen LogP contribution is -2.02. The van der Waals surface area contributed by atoms with Crippen molar-refractivity contribution in [3.8, 4) is 5.75 Å². The van der Waals surface area contributed by atoms with Crippen LogP contribution < -0.4 is 10.1 Å². The summed E-state index contributed by atoms with van der Waals surface area (Å²) in [5.41, 5.74) is 2.11. The van der Waals surface area contributed by atoms with Crippen molar-refractivity contribution < 1.29 is 9.26 Å². The molecule has 1 heterocycles. The first-order chi connectivity index (χ1) is 9.26. The standard InChI is InChI=1S/C14H17N3O2/c1-9-3-6-12(18-2)11(7-9)15-8-13-16-14(17-19-13)10-4-5-10/h3,6-7,10,15H,4-5,8H2,1-2H3. The molecule has 1 aromatic carbocycles. The van der Waals surface area contributed by atoms with Crippen molar-refractivity contribution in [3.05, 3.63) is 35.5 Å². The van der Waals surface area contributed by atoms with Crippen LogP contribution in [0.15, 0.2) is 22.7 Å². The minimum atomic E-state index is 0.513. The Morgan fingerprint density at radius 1 is 1.42 bits per heavy atom. The molecule has 1 N–H and O–H groups in total. The summed E-state index contributed by atoms with van der Waals surface area (Å²) in [6, 6.07) is 6.00. The number of hydrogen-bond donors (Lipinski definition) is 1. The fraction of sp³-hybridized carbons (Fsp3) is 0.429. The van der Waals surface area contributed by atoms with Crippen LogP contribution in [-0.2, 0) is 6.54 Å². The molecule has 0 spiro atoms. The van der Waals surface area contributed by atoms with Gasteiger partial charge in [0.2, 0.25) is 5.89 Å². The minimum absolute atomic E-state index is 0.513. The Bertz CT molecular complexity index is 576. The van der Waals surface area contributed by atoms with Gasteiger partial charge in [-0.1, -0.05) is 11.2 Å². The number of aromatic nitrogens is 2. The number of rotatable bonds is 5. The number of benzene rings is 1. The second-order valence-electron chi connectivity index (χ2n) is 4.88. The molecule has 5 nitrogen and oxygen atoms in total. The molecule has 1 aliphatic rings. The van der Waals surface area contributed by atoms with Crippen molar-refractivity contribution in [3.63, 3.8) is 0 Å². The lowest BCUT2D eigenvalue weighted by atomic mass is 10.2. The summed E-state index contributed by atoms with van der Waals surface area (Å²) >= 11 is 0. The third kappa shape index (κ3) is 2.70. The van der Waals surface area contributed by atoms with Gasteiger partial charge in [0, 0.05) is 5.92 Å². The molecule has 0 amide bonds. The van der Waals surface area contributed by atoms with E-state index in [-0.39, 0.29) is 0 Å². The van der Waals surface area contributed by atoms with Crippen molar-refractivity contribution in [2.75, 3.05) is 12.4 Å². The van der Waals surface area contributed by atoms with E-state index in [0.717, 1.165) is 17.3 Å². The molecule has 1 aromatic heterocycles. The van der Waals surface area contributed by atoms with Crippen LogP contribution in [0.5, 0.6) is 5.75 Å². The largest absolute Gasteiger partial charge is 0.495 e. The summed E-state index contributed by atoms with van der Waals surface area (Å²) in [6.45, 7) is 2.56. The molecule has 1 fully saturated rings. The van der Waals surface area contributed by atoms with Gasteiger partial charge >= 0.3 is 0 Å². The first kappa shape index (κ1) is 12.0. The highest BCUT2D eigenvalue weighted by molar-refractivity contribution is 5.57. The van der Waals surface area contributed by atoms with Crippen LogP contribution in [-0.4, -0.2) is 17.3 Å². The zero-order valence-electron chi connectivity index (χ0n) is 11.1. The summed E-state index contributed by atoms with van der Waals surface area (Å²) in [5, 5.41) is 7.27. The van der Waals surface area contributed by atoms with E-state index in [4.69, 9.17) is 9.26 Å². The topological polar surface area (TPSA) is 60.2 Å². The van der Waals surface area contributed by atoms with Crippen molar-refractivity contribution in [2.24, 2.45) is 0 Å². The van der Waals surface area contributed by atoms with Gasteiger partial charge in [-0.15, -0.1) is 0 Å². The Hall–Kier alpha value is -2.04. The number of methoxy groups -OCH3 is 1. The maximum atomic E-state index is 5.31. The average molecular weight is 259 g/mol. The summed E-state index contributed by atoms with van der Waals surface area (Å²) < 4.78 is 10.5. The van der Waals surface area contributed by atoms with Gasteiger partial charge in [0.05, 0.1) is 19.3 Å². The number of ether oxygens (including phenoxy) is 1. The summed E-state index contributed by atoms with van der Waals surface area (Å²) in [5.74, 6) is 2.79. The normalized spacial score (nSPS) is 14.4. The predicted molar refractivity (Wildman–Crippen MR) is 71.3 cm³/mol. The van der Waals surface area contributed by atoms with E-state index in [1.54, 1.807) is 7.11 Å². The smallest absolute Gasteiger partial charge is 0.245 e. The number of anilines is 1. The van der Waals surface area contributed by atoms with Crippen LogP contribution in [0, 0.1) is 6.92 Å². The fourth-order valence-corrected chi connectivity index (χ4v) is 1.98. The molecule has 0 bridgehead atoms. The summed E-state index contributed by atoms with van der Waals surface area (Å²) in [7, 11) is 1.66. The van der Waals surface area contributed by atoms with Crippen LogP contribution in [0.2, 0.25) is 0 Å². The van der Waals surface area contributed by atoms with Gasteiger partial charge in [0.1, 0.15) is 5.75 Å². The third-order valence-electron chi connectivity index (χ3n) is 3.21. The lowest BCUT2D eigenvalue weighted by Gasteiger charge is -2.10. The quantitative estimate of drug-likeness (QED) is 0.894. The molecule has 19 heavy (non-hydrogen) atoms. The molecule has 0 unspecified atom stereocenters. The van der Waals surface area contributed by atoms with E-state index in [1.165, 1.54) is 18.4 Å². The Balaban J connectivity index is 1.68. The highest BCUT2D eigenvalue weighted by Gasteiger charge is 2.28. The van der Waals surface area contributed by atoms with Crippen LogP contribution in [0.3, 0.4) is 0 Å². The Morgan fingerprint density at radius 2 is 2.26 bits per heavy atom. The van der Waals surface area contributed by atoms with Gasteiger partial charge in [0.15, 0.2) is 5.82 Å². The molecule has 0 aliphatic heterocycles. The van der Waals surface area contributed by atoms with Crippen LogP contribution >= 0.6 is 0 Å². The molecule has 3 rings (SSSR count). The van der Waals surface area contributed by atoms with Gasteiger partial charge in [-0.2, -0.15) is 4.98 Å². The van der Waals surface area contributed by atoms with Gasteiger partial charge in [-0.25, -0.2) is 0 Å². The molecule has 100 valence electrons. The average Bonchev–Trinajstić information content (AvgIpc) is 3.16. The highest BCUT2D eigenvalue weighted by atomic mass is 16.5. The molecular formula is C14H17N3O2. The Kier molecular flexibility index (Phi) is 3.11. The van der Waals surface area contributed by atoms with Crippen LogP contribution in [0.25, 0.3) is 0 Å². The summed E-state index contributed by atoms with van der Waals surface area (Å²) in [4.78, 5) is 4.38. The second-order valence-corrected chi connectivity index (χ2v) is 4.88. The van der Waals surface area contributed by atoms with E-state index < -0.39 is 0 Å². The van der Waals surface area contributed by atoms with E-state index in [2.05, 4.69) is 15.5 Å². The van der Waals surface area contributed by atoms with Gasteiger partial charge < -0.3 is 14.6 Å². The first-order valence-corrected chi connectivity index (χ1v) is 6.47. The number of nitrogens with one attached hydrogen (secondary N) is 1. The maximum Gasteiger partial charge on any atom is 0.245 e. The molecule has 1 aliphatic carbocycles. The monoisotopic (exact) mass is 259 g/mol. The zero-order valence-corrected chi connectivity index (χ0v) is 11.1. The highest BCUT2D eigenvalue weighted by Crippen LogP contribution is 2.38. The van der Waals surface area contributed by atoms with Gasteiger partial charge in [0.25, 0.3) is 0 Å². The predicted octanol–water partition coefficient (Wildman–Crippen LogP) is 2.88. The van der Waals surface area contributed by atoms with Crippen molar-refractivity contribution in [2.45, 2.75) is 32.2 Å². The van der Waals surface area contributed by atoms with Gasteiger partial charge in [-0.05, 0) is 37.5 Å². The van der Waals surface area contributed by atoms with E-state index in [1.807, 2.05) is 25.1 Å². The molecule has 5 heteroatoms. The third-order valence-corrected chi connectivity index (χ3v) is 3.21. The SMILES string of the molecule is COc1ccc(C)cc1NCc1nc(C2CC2)no1. The lowest BCUT2D eigenvalue weighted by molar-refractivity contribution is 0.377. The fourth-order valence-electron chi connectivity index (χ4n) is 1.98. The van der Waals surface area contributed by atoms with Crippen molar-refractivity contribution in [1.29, 1.82) is 0 Å². The number of aryl methyl sites for hydroxylation is 1. The molecular weight excluding hydrogens is 242 g/mol. The van der Waals surface area contributed by atoms with E-state index >= 15 is 0 Å². The second kappa shape index (κ2) is 4.91. The first-order valence-electron chi connectivity index (χ1n) is 6.47. The zero-order chi connectivity index (χ0) is 13.2. The van der Waals surface area contributed by atoms with E-state index in [0.29, 0.717) is 18.4 Å². The van der Waals surface area contributed by atoms with Crippen molar-refractivity contribution in [1.82, 2.24) is 10.1 Å². The Morgan fingerprint density at radius 3 is 3.00 bits per heavy atom. The van der Waals surface area contributed by atoms with Gasteiger partial charge in [-0.3, -0.25) is 0 Å². The minimum Gasteiger partial charge on any atom is -0.495 e. The molecule has 0 atom stereocenters. The number of hydrogen-bond acceptors (Lipinski definition) is 5. The number of nitrogens with zero attached hydrogens (tertiary/aromatic N) is 2. The van der Waals surface area contributed by atoms with Crippen LogP contribution in [0.4, 0.5) is 5.69 Å². The van der Waals surface area contributed by atoms with E-state index in [9.17, 15) is 0 Å². The molecule has 0 saturated heterocycles. The van der Waals surface area contributed by atoms with Crippen molar-refractivity contribution >= 4 is 5.69 Å². The molecule has 2 aromatic rings. The molecule has 0 radical (unpaired) electrons. The maximum absolute atomic E-state index is 5.31.